The monoisotopic (exact) mass is 372 g/mol. The molecule has 0 aliphatic carbocycles. The summed E-state index contributed by atoms with van der Waals surface area (Å²) < 4.78 is 0. The van der Waals surface area contributed by atoms with Crippen LogP contribution in [0.25, 0.3) is 0 Å². The maximum absolute atomic E-state index is 12.0. The molecule has 0 saturated heterocycles. The number of carbonyl (C=O) groups is 1. The Kier molecular flexibility index (Phi) is 6.15. The zero-order valence-electron chi connectivity index (χ0n) is 16.9. The average Bonchev–Trinajstić information content (AvgIpc) is 2.70. The zero-order valence-corrected chi connectivity index (χ0v) is 16.9. The summed E-state index contributed by atoms with van der Waals surface area (Å²) in [6.07, 6.45) is 0.818. The summed E-state index contributed by atoms with van der Waals surface area (Å²) in [6.45, 7) is 6.44. The zero-order chi connectivity index (χ0) is 20.0. The van der Waals surface area contributed by atoms with Gasteiger partial charge >= 0.3 is 0 Å². The Bertz CT molecular complexity index is 842. The van der Waals surface area contributed by atoms with Crippen LogP contribution in [0.2, 0.25) is 0 Å². The molecule has 1 amide bonds. The fraction of sp³-hybridized carbons (Fsp3) is 0.240. The molecule has 3 aromatic rings. The maximum Gasteiger partial charge on any atom is 0.225 e. The van der Waals surface area contributed by atoms with Gasteiger partial charge in [0, 0.05) is 29.0 Å². The Morgan fingerprint density at radius 1 is 0.750 bits per heavy atom. The third-order valence-corrected chi connectivity index (χ3v) is 4.60. The lowest BCUT2D eigenvalue weighted by atomic mass is 9.95. The van der Waals surface area contributed by atoms with Gasteiger partial charge in [0.1, 0.15) is 0 Å². The van der Waals surface area contributed by atoms with E-state index in [1.807, 2.05) is 32.9 Å². The molecule has 0 fully saturated rings. The molecule has 0 radical (unpaired) electrons. The van der Waals surface area contributed by atoms with Crippen molar-refractivity contribution >= 4 is 23.0 Å². The Balaban J connectivity index is 1.75. The minimum Gasteiger partial charge on any atom is -0.355 e. The van der Waals surface area contributed by atoms with Crippen molar-refractivity contribution in [1.29, 1.82) is 0 Å². The van der Waals surface area contributed by atoms with Crippen LogP contribution in [-0.2, 0) is 11.2 Å². The van der Waals surface area contributed by atoms with Gasteiger partial charge in [0.2, 0.25) is 5.91 Å². The van der Waals surface area contributed by atoms with E-state index in [4.69, 9.17) is 0 Å². The quantitative estimate of drug-likeness (QED) is 0.588. The minimum absolute atomic E-state index is 0.0865. The van der Waals surface area contributed by atoms with Crippen LogP contribution in [0.5, 0.6) is 0 Å². The third kappa shape index (κ3) is 5.01. The predicted molar refractivity (Wildman–Crippen MR) is 117 cm³/mol. The van der Waals surface area contributed by atoms with E-state index in [2.05, 4.69) is 83.0 Å². The molecule has 3 nitrogen and oxygen atoms in total. The van der Waals surface area contributed by atoms with Crippen LogP contribution in [0.4, 0.5) is 17.1 Å². The number of amides is 1. The molecule has 0 aliphatic heterocycles. The van der Waals surface area contributed by atoms with E-state index in [9.17, 15) is 4.79 Å². The fourth-order valence-electron chi connectivity index (χ4n) is 3.00. The van der Waals surface area contributed by atoms with E-state index in [-0.39, 0.29) is 11.3 Å². The van der Waals surface area contributed by atoms with Crippen molar-refractivity contribution in [3.05, 3.63) is 90.5 Å². The summed E-state index contributed by atoms with van der Waals surface area (Å²) in [6, 6.07) is 29.3. The highest BCUT2D eigenvalue weighted by Gasteiger charge is 2.20. The molecule has 0 aliphatic rings. The number of rotatable bonds is 6. The highest BCUT2D eigenvalue weighted by molar-refractivity contribution is 5.81. The van der Waals surface area contributed by atoms with Crippen LogP contribution >= 0.6 is 0 Å². The molecular weight excluding hydrogens is 344 g/mol. The lowest BCUT2D eigenvalue weighted by Crippen LogP contribution is -2.35. The summed E-state index contributed by atoms with van der Waals surface area (Å²) in [5.74, 6) is 0.0865. The first-order valence-corrected chi connectivity index (χ1v) is 9.72. The van der Waals surface area contributed by atoms with Gasteiger partial charge in [-0.2, -0.15) is 0 Å². The second-order valence-corrected chi connectivity index (χ2v) is 7.93. The van der Waals surface area contributed by atoms with Crippen molar-refractivity contribution in [3.8, 4) is 0 Å². The summed E-state index contributed by atoms with van der Waals surface area (Å²) >= 11 is 0. The molecule has 3 rings (SSSR count). The largest absolute Gasteiger partial charge is 0.355 e. The van der Waals surface area contributed by atoms with Gasteiger partial charge in [-0.05, 0) is 48.4 Å². The van der Waals surface area contributed by atoms with E-state index in [0.29, 0.717) is 6.54 Å². The first kappa shape index (κ1) is 19.7. The van der Waals surface area contributed by atoms with Crippen LogP contribution in [0, 0.1) is 5.41 Å². The predicted octanol–water partition coefficient (Wildman–Crippen LogP) is 5.86. The van der Waals surface area contributed by atoms with E-state index in [0.717, 1.165) is 23.5 Å². The molecule has 3 aromatic carbocycles. The van der Waals surface area contributed by atoms with Crippen LogP contribution in [0.1, 0.15) is 26.3 Å². The summed E-state index contributed by atoms with van der Waals surface area (Å²) in [5, 5.41) is 3.01. The Hall–Kier alpha value is -3.07. The Labute approximate surface area is 168 Å². The second-order valence-electron chi connectivity index (χ2n) is 7.93. The topological polar surface area (TPSA) is 32.3 Å². The normalized spacial score (nSPS) is 11.1. The molecule has 0 spiro atoms. The van der Waals surface area contributed by atoms with Crippen molar-refractivity contribution in [2.75, 3.05) is 11.4 Å². The lowest BCUT2D eigenvalue weighted by molar-refractivity contribution is -0.128. The molecule has 0 unspecified atom stereocenters. The molecule has 0 bridgehead atoms. The molecule has 0 atom stereocenters. The maximum atomic E-state index is 12.0. The van der Waals surface area contributed by atoms with E-state index >= 15 is 0 Å². The van der Waals surface area contributed by atoms with Crippen LogP contribution in [-0.4, -0.2) is 12.5 Å². The van der Waals surface area contributed by atoms with Gasteiger partial charge in [-0.3, -0.25) is 4.79 Å². The smallest absolute Gasteiger partial charge is 0.225 e. The van der Waals surface area contributed by atoms with Crippen molar-refractivity contribution in [3.63, 3.8) is 0 Å². The average molecular weight is 373 g/mol. The summed E-state index contributed by atoms with van der Waals surface area (Å²) in [5.41, 5.74) is 4.21. The van der Waals surface area contributed by atoms with Gasteiger partial charge in [-0.25, -0.2) is 0 Å². The van der Waals surface area contributed by atoms with Gasteiger partial charge in [0.05, 0.1) is 0 Å². The van der Waals surface area contributed by atoms with Crippen molar-refractivity contribution in [1.82, 2.24) is 5.32 Å². The molecule has 0 saturated carbocycles. The number of hydrogen-bond acceptors (Lipinski definition) is 2. The molecule has 144 valence electrons. The van der Waals surface area contributed by atoms with Gasteiger partial charge in [-0.15, -0.1) is 0 Å². The SMILES string of the molecule is CC(C)(C)C(=O)NCCc1ccc(N(c2ccccc2)c2ccccc2)cc1. The van der Waals surface area contributed by atoms with Crippen molar-refractivity contribution in [2.45, 2.75) is 27.2 Å². The number of nitrogens with one attached hydrogen (secondary N) is 1. The number of benzene rings is 3. The molecule has 28 heavy (non-hydrogen) atoms. The van der Waals surface area contributed by atoms with Crippen LogP contribution in [0.15, 0.2) is 84.9 Å². The third-order valence-electron chi connectivity index (χ3n) is 4.60. The summed E-state index contributed by atoms with van der Waals surface area (Å²) in [7, 11) is 0. The van der Waals surface area contributed by atoms with Crippen molar-refractivity contribution < 1.29 is 4.79 Å². The van der Waals surface area contributed by atoms with Gasteiger partial charge in [0.25, 0.3) is 0 Å². The lowest BCUT2D eigenvalue weighted by Gasteiger charge is -2.25. The molecular formula is C25H28N2O. The summed E-state index contributed by atoms with van der Waals surface area (Å²) in [4.78, 5) is 14.2. The first-order chi connectivity index (χ1) is 13.4. The second kappa shape index (κ2) is 8.75. The Morgan fingerprint density at radius 2 is 1.21 bits per heavy atom. The number of carbonyl (C=O) groups excluding carboxylic acids is 1. The Morgan fingerprint density at radius 3 is 1.68 bits per heavy atom. The van der Waals surface area contributed by atoms with E-state index in [1.54, 1.807) is 0 Å². The molecule has 0 heterocycles. The molecule has 1 N–H and O–H groups in total. The molecule has 0 aromatic heterocycles. The van der Waals surface area contributed by atoms with E-state index < -0.39 is 0 Å². The highest BCUT2D eigenvalue weighted by atomic mass is 16.2. The van der Waals surface area contributed by atoms with Gasteiger partial charge in [0.15, 0.2) is 0 Å². The molecule has 3 heteroatoms. The number of hydrogen-bond donors (Lipinski definition) is 1. The van der Waals surface area contributed by atoms with Gasteiger partial charge in [-0.1, -0.05) is 69.3 Å². The van der Waals surface area contributed by atoms with Crippen LogP contribution < -0.4 is 10.2 Å². The standard InChI is InChI=1S/C25H28N2O/c1-25(2,3)24(28)26-19-18-20-14-16-23(17-15-20)27(21-10-6-4-7-11-21)22-12-8-5-9-13-22/h4-17H,18-19H2,1-3H3,(H,26,28). The number of anilines is 3. The minimum atomic E-state index is -0.351. The van der Waals surface area contributed by atoms with Crippen LogP contribution in [0.3, 0.4) is 0 Å². The van der Waals surface area contributed by atoms with Gasteiger partial charge < -0.3 is 10.2 Å². The first-order valence-electron chi connectivity index (χ1n) is 9.72. The highest BCUT2D eigenvalue weighted by Crippen LogP contribution is 2.34. The number of nitrogens with zero attached hydrogens (tertiary/aromatic N) is 1. The number of para-hydroxylation sites is 2. The fourth-order valence-corrected chi connectivity index (χ4v) is 3.00. The van der Waals surface area contributed by atoms with Crippen molar-refractivity contribution in [2.24, 2.45) is 5.41 Å². The van der Waals surface area contributed by atoms with E-state index in [1.165, 1.54) is 5.56 Å².